The van der Waals surface area contributed by atoms with Crippen molar-refractivity contribution in [2.24, 2.45) is 0 Å². The Kier molecular flexibility index (Phi) is 8.88. The van der Waals surface area contributed by atoms with E-state index in [1.165, 1.54) is 0 Å². The predicted octanol–water partition coefficient (Wildman–Crippen LogP) is 3.65. The molecule has 2 N–H and O–H groups in total. The summed E-state index contributed by atoms with van der Waals surface area (Å²) in [5.41, 5.74) is 2.79. The van der Waals surface area contributed by atoms with Crippen LogP contribution in [0.1, 0.15) is 49.9 Å². The zero-order valence-corrected chi connectivity index (χ0v) is 19.6. The highest BCUT2D eigenvalue weighted by molar-refractivity contribution is 7.89. The smallest absolute Gasteiger partial charge is 0.240 e. The van der Waals surface area contributed by atoms with Crippen molar-refractivity contribution in [2.75, 3.05) is 19.8 Å². The summed E-state index contributed by atoms with van der Waals surface area (Å²) in [6.07, 6.45) is 0.0315. The van der Waals surface area contributed by atoms with Gasteiger partial charge in [0.25, 0.3) is 0 Å². The average molecular weight is 449 g/mol. The molecular formula is C23H32N2O5S. The third-order valence-corrected chi connectivity index (χ3v) is 6.34. The van der Waals surface area contributed by atoms with Crippen molar-refractivity contribution in [1.82, 2.24) is 10.0 Å². The number of ether oxygens (including phenoxy) is 2. The van der Waals surface area contributed by atoms with E-state index in [0.717, 1.165) is 16.7 Å². The Balaban J connectivity index is 1.93. The Morgan fingerprint density at radius 2 is 1.65 bits per heavy atom. The first-order valence-electron chi connectivity index (χ1n) is 10.4. The molecular weight excluding hydrogens is 416 g/mol. The van der Waals surface area contributed by atoms with E-state index in [1.54, 1.807) is 18.2 Å². The molecule has 0 aliphatic carbocycles. The summed E-state index contributed by atoms with van der Waals surface area (Å²) in [5, 5.41) is 2.89. The van der Waals surface area contributed by atoms with Crippen molar-refractivity contribution in [3.8, 4) is 11.5 Å². The fourth-order valence-corrected chi connectivity index (χ4v) is 4.11. The lowest BCUT2D eigenvalue weighted by Crippen LogP contribution is -2.32. The van der Waals surface area contributed by atoms with Gasteiger partial charge in [-0.15, -0.1) is 0 Å². The van der Waals surface area contributed by atoms with Crippen LogP contribution in [0.4, 0.5) is 0 Å². The van der Waals surface area contributed by atoms with Gasteiger partial charge in [0, 0.05) is 13.0 Å². The van der Waals surface area contributed by atoms with Crippen molar-refractivity contribution in [3.63, 3.8) is 0 Å². The summed E-state index contributed by atoms with van der Waals surface area (Å²) in [6, 6.07) is 10.2. The summed E-state index contributed by atoms with van der Waals surface area (Å²) in [7, 11) is -3.66. The van der Waals surface area contributed by atoms with Gasteiger partial charge in [0.15, 0.2) is 11.5 Å². The van der Waals surface area contributed by atoms with Gasteiger partial charge in [-0.1, -0.05) is 12.1 Å². The number of hydrogen-bond acceptors (Lipinski definition) is 5. The van der Waals surface area contributed by atoms with Crippen molar-refractivity contribution in [1.29, 1.82) is 0 Å². The number of aryl methyl sites for hydroxylation is 2. The normalized spacial score (nSPS) is 12.3. The molecule has 0 saturated heterocycles. The van der Waals surface area contributed by atoms with Gasteiger partial charge < -0.3 is 14.8 Å². The van der Waals surface area contributed by atoms with Crippen molar-refractivity contribution >= 4 is 15.9 Å². The van der Waals surface area contributed by atoms with Crippen LogP contribution in [0.3, 0.4) is 0 Å². The third-order valence-electron chi connectivity index (χ3n) is 4.88. The molecule has 8 heteroatoms. The molecule has 0 spiro atoms. The first kappa shape index (κ1) is 24.7. The number of amides is 1. The highest BCUT2D eigenvalue weighted by atomic mass is 32.2. The Hall–Kier alpha value is -2.58. The number of carbonyl (C=O) groups is 1. The number of rotatable bonds is 11. The van der Waals surface area contributed by atoms with Gasteiger partial charge in [-0.2, -0.15) is 0 Å². The maximum Gasteiger partial charge on any atom is 0.240 e. The number of carbonyl (C=O) groups excluding carboxylic acids is 1. The van der Waals surface area contributed by atoms with Crippen LogP contribution in [0.2, 0.25) is 0 Å². The molecule has 2 aromatic rings. The minimum atomic E-state index is -3.66. The Labute approximate surface area is 185 Å². The lowest BCUT2D eigenvalue weighted by molar-refractivity contribution is -0.121. The molecule has 0 fully saturated rings. The summed E-state index contributed by atoms with van der Waals surface area (Å²) >= 11 is 0. The molecule has 2 aromatic carbocycles. The zero-order chi connectivity index (χ0) is 23.0. The lowest BCUT2D eigenvalue weighted by Gasteiger charge is -2.17. The van der Waals surface area contributed by atoms with Crippen LogP contribution < -0.4 is 19.5 Å². The molecule has 0 bridgehead atoms. The Bertz CT molecular complexity index is 1010. The molecule has 170 valence electrons. The molecule has 2 rings (SSSR count). The highest BCUT2D eigenvalue weighted by Crippen LogP contribution is 2.30. The van der Waals surface area contributed by atoms with Gasteiger partial charge in [-0.25, -0.2) is 13.1 Å². The maximum absolute atomic E-state index is 12.4. The van der Waals surface area contributed by atoms with Crippen molar-refractivity contribution in [2.45, 2.75) is 52.0 Å². The number of benzene rings is 2. The minimum Gasteiger partial charge on any atom is -0.490 e. The Morgan fingerprint density at radius 1 is 0.968 bits per heavy atom. The van der Waals surface area contributed by atoms with E-state index in [4.69, 9.17) is 9.47 Å². The van der Waals surface area contributed by atoms with E-state index in [-0.39, 0.29) is 29.8 Å². The first-order chi connectivity index (χ1) is 14.7. The minimum absolute atomic E-state index is 0.0152. The molecule has 0 aromatic heterocycles. The van der Waals surface area contributed by atoms with Crippen LogP contribution in [0.25, 0.3) is 0 Å². The summed E-state index contributed by atoms with van der Waals surface area (Å²) in [4.78, 5) is 12.5. The number of nitrogens with one attached hydrogen (secondary N) is 2. The topological polar surface area (TPSA) is 93.7 Å². The van der Waals surface area contributed by atoms with Crippen molar-refractivity contribution < 1.29 is 22.7 Å². The second kappa shape index (κ2) is 11.2. The fraction of sp³-hybridized carbons (Fsp3) is 0.435. The quantitative estimate of drug-likeness (QED) is 0.547. The van der Waals surface area contributed by atoms with E-state index in [0.29, 0.717) is 24.7 Å². The lowest BCUT2D eigenvalue weighted by atomic mass is 10.1. The molecule has 0 heterocycles. The van der Waals surface area contributed by atoms with Crippen LogP contribution in [0.15, 0.2) is 41.3 Å². The number of hydrogen-bond donors (Lipinski definition) is 2. The monoisotopic (exact) mass is 448 g/mol. The average Bonchev–Trinajstić information content (AvgIpc) is 2.71. The van der Waals surface area contributed by atoms with E-state index in [9.17, 15) is 13.2 Å². The molecule has 0 saturated carbocycles. The summed E-state index contributed by atoms with van der Waals surface area (Å²) in [6.45, 7) is 10.5. The second-order valence-electron chi connectivity index (χ2n) is 7.26. The third kappa shape index (κ3) is 6.97. The summed E-state index contributed by atoms with van der Waals surface area (Å²) < 4.78 is 38.6. The predicted molar refractivity (Wildman–Crippen MR) is 121 cm³/mol. The van der Waals surface area contributed by atoms with Gasteiger partial charge in [-0.3, -0.25) is 4.79 Å². The first-order valence-corrected chi connectivity index (χ1v) is 11.9. The van der Waals surface area contributed by atoms with E-state index in [1.807, 2.05) is 52.8 Å². The van der Waals surface area contributed by atoms with Gasteiger partial charge >= 0.3 is 0 Å². The SMILES string of the molecule is CCOc1ccc(C(C)NC(=O)CCNS(=O)(=O)c2ccc(C)c(C)c2)cc1OCC. The van der Waals surface area contributed by atoms with E-state index >= 15 is 0 Å². The van der Waals surface area contributed by atoms with E-state index in [2.05, 4.69) is 10.0 Å². The highest BCUT2D eigenvalue weighted by Gasteiger charge is 2.16. The molecule has 1 unspecified atom stereocenters. The van der Waals surface area contributed by atoms with Crippen LogP contribution in [-0.2, 0) is 14.8 Å². The molecule has 31 heavy (non-hydrogen) atoms. The maximum atomic E-state index is 12.4. The van der Waals surface area contributed by atoms with Gasteiger partial charge in [0.1, 0.15) is 0 Å². The number of sulfonamides is 1. The van der Waals surface area contributed by atoms with Crippen molar-refractivity contribution in [3.05, 3.63) is 53.1 Å². The van der Waals surface area contributed by atoms with Crippen LogP contribution >= 0.6 is 0 Å². The van der Waals surface area contributed by atoms with E-state index < -0.39 is 10.0 Å². The molecule has 0 aliphatic heterocycles. The molecule has 1 atom stereocenters. The largest absolute Gasteiger partial charge is 0.490 e. The van der Waals surface area contributed by atoms with Crippen LogP contribution in [-0.4, -0.2) is 34.1 Å². The standard InChI is InChI=1S/C23H32N2O5S/c1-6-29-21-11-9-19(15-22(21)30-7-2)18(5)25-23(26)12-13-24-31(27,28)20-10-8-16(3)17(4)14-20/h8-11,14-15,18,24H,6-7,12-13H2,1-5H3,(H,25,26). The fourth-order valence-electron chi connectivity index (χ4n) is 3.00. The molecule has 1 amide bonds. The second-order valence-corrected chi connectivity index (χ2v) is 9.02. The zero-order valence-electron chi connectivity index (χ0n) is 18.8. The molecule has 0 aliphatic rings. The van der Waals surface area contributed by atoms with Gasteiger partial charge in [-0.05, 0) is 75.6 Å². The van der Waals surface area contributed by atoms with Gasteiger partial charge in [0.2, 0.25) is 15.9 Å². The van der Waals surface area contributed by atoms with Gasteiger partial charge in [0.05, 0.1) is 24.2 Å². The molecule has 0 radical (unpaired) electrons. The molecule has 7 nitrogen and oxygen atoms in total. The van der Waals surface area contributed by atoms with Crippen LogP contribution in [0.5, 0.6) is 11.5 Å². The summed E-state index contributed by atoms with van der Waals surface area (Å²) in [5.74, 6) is 1.04. The van der Waals surface area contributed by atoms with Crippen LogP contribution in [0, 0.1) is 13.8 Å². The Morgan fingerprint density at radius 3 is 2.29 bits per heavy atom.